The summed E-state index contributed by atoms with van der Waals surface area (Å²) < 4.78 is 0. The highest BCUT2D eigenvalue weighted by molar-refractivity contribution is 14.0. The second kappa shape index (κ2) is 14.5. The highest BCUT2D eigenvalue weighted by Gasteiger charge is 1.98. The fraction of sp³-hybridized carbons (Fsp3) is 0.562. The minimum absolute atomic E-state index is 0. The molecule has 0 aromatic heterocycles. The topological polar surface area (TPSA) is 36.4 Å². The minimum atomic E-state index is 0. The Labute approximate surface area is 160 Å². The number of unbranched alkanes of at least 4 members (excludes halogenated alkanes) is 1. The van der Waals surface area contributed by atoms with Crippen LogP contribution in [0.25, 0.3) is 0 Å². The number of rotatable bonds is 9. The molecule has 0 atom stereocenters. The summed E-state index contributed by atoms with van der Waals surface area (Å²) in [4.78, 5) is 5.93. The van der Waals surface area contributed by atoms with Crippen LogP contribution in [0.5, 0.6) is 0 Å². The van der Waals surface area contributed by atoms with Gasteiger partial charge < -0.3 is 10.6 Å². The summed E-state index contributed by atoms with van der Waals surface area (Å²) in [5.74, 6) is 2.15. The van der Waals surface area contributed by atoms with E-state index in [1.165, 1.54) is 29.1 Å². The van der Waals surface area contributed by atoms with E-state index in [1.54, 1.807) is 11.8 Å². The van der Waals surface area contributed by atoms with Crippen LogP contribution in [0, 0.1) is 0 Å². The SMILES string of the molecule is CCNC(=NCc1ccc(SC)cc1)NCCCCSC.I. The standard InChI is InChI=1S/C16H27N3S2.HI/c1-4-17-16(18-11-5-6-12-20-2)19-13-14-7-9-15(21-3)10-8-14;/h7-10H,4-6,11-13H2,1-3H3,(H2,17,18,19);1H. The van der Waals surface area contributed by atoms with Gasteiger partial charge in [0.2, 0.25) is 0 Å². The maximum absolute atomic E-state index is 4.64. The fourth-order valence-corrected chi connectivity index (χ4v) is 2.72. The summed E-state index contributed by atoms with van der Waals surface area (Å²) in [5.41, 5.74) is 1.24. The van der Waals surface area contributed by atoms with Crippen molar-refractivity contribution in [2.75, 3.05) is 31.4 Å². The lowest BCUT2D eigenvalue weighted by atomic mass is 10.2. The van der Waals surface area contributed by atoms with Crippen molar-refractivity contribution < 1.29 is 0 Å². The largest absolute Gasteiger partial charge is 0.357 e. The van der Waals surface area contributed by atoms with E-state index < -0.39 is 0 Å². The van der Waals surface area contributed by atoms with Crippen LogP contribution in [0.1, 0.15) is 25.3 Å². The van der Waals surface area contributed by atoms with Crippen LogP contribution < -0.4 is 10.6 Å². The van der Waals surface area contributed by atoms with Crippen LogP contribution in [-0.2, 0) is 6.54 Å². The molecule has 0 aliphatic rings. The number of thioether (sulfide) groups is 2. The predicted molar refractivity (Wildman–Crippen MR) is 114 cm³/mol. The van der Waals surface area contributed by atoms with Crippen molar-refractivity contribution in [2.24, 2.45) is 4.99 Å². The average molecular weight is 453 g/mol. The number of hydrogen-bond acceptors (Lipinski definition) is 3. The lowest BCUT2D eigenvalue weighted by Gasteiger charge is -2.11. The molecule has 0 amide bonds. The third-order valence-corrected chi connectivity index (χ3v) is 4.43. The number of hydrogen-bond donors (Lipinski definition) is 2. The Hall–Kier alpha value is -0.0800. The normalized spacial score (nSPS) is 11.0. The van der Waals surface area contributed by atoms with Crippen LogP contribution in [-0.4, -0.2) is 37.3 Å². The van der Waals surface area contributed by atoms with Gasteiger partial charge >= 0.3 is 0 Å². The first-order valence-corrected chi connectivity index (χ1v) is 10.1. The van der Waals surface area contributed by atoms with Gasteiger partial charge in [-0.3, -0.25) is 0 Å². The van der Waals surface area contributed by atoms with E-state index >= 15 is 0 Å². The average Bonchev–Trinajstić information content (AvgIpc) is 2.52. The Balaban J connectivity index is 0.00000441. The van der Waals surface area contributed by atoms with Gasteiger partial charge in [0.25, 0.3) is 0 Å². The molecule has 1 aromatic rings. The third-order valence-electron chi connectivity index (χ3n) is 2.99. The van der Waals surface area contributed by atoms with E-state index in [1.807, 2.05) is 11.8 Å². The molecule has 126 valence electrons. The molecule has 0 aliphatic carbocycles. The van der Waals surface area contributed by atoms with Crippen LogP contribution in [0.15, 0.2) is 34.2 Å². The van der Waals surface area contributed by atoms with E-state index in [-0.39, 0.29) is 24.0 Å². The van der Waals surface area contributed by atoms with Gasteiger partial charge in [0.1, 0.15) is 0 Å². The quantitative estimate of drug-likeness (QED) is 0.193. The van der Waals surface area contributed by atoms with Crippen molar-refractivity contribution in [1.29, 1.82) is 0 Å². The molecule has 2 N–H and O–H groups in total. The Morgan fingerprint density at radius 2 is 1.82 bits per heavy atom. The van der Waals surface area contributed by atoms with E-state index in [2.05, 4.69) is 59.3 Å². The second-order valence-corrected chi connectivity index (χ2v) is 6.54. The zero-order valence-electron chi connectivity index (χ0n) is 13.7. The first-order valence-electron chi connectivity index (χ1n) is 7.44. The monoisotopic (exact) mass is 453 g/mol. The smallest absolute Gasteiger partial charge is 0.191 e. The van der Waals surface area contributed by atoms with E-state index in [4.69, 9.17) is 0 Å². The molecule has 0 radical (unpaired) electrons. The molecular formula is C16H28IN3S2. The van der Waals surface area contributed by atoms with Crippen LogP contribution in [0.2, 0.25) is 0 Å². The number of nitrogens with one attached hydrogen (secondary N) is 2. The molecule has 0 saturated heterocycles. The van der Waals surface area contributed by atoms with Gasteiger partial charge in [0, 0.05) is 18.0 Å². The third kappa shape index (κ3) is 9.84. The molecule has 1 aromatic carbocycles. The first-order chi connectivity index (χ1) is 10.3. The Bertz CT molecular complexity index is 410. The maximum atomic E-state index is 4.64. The second-order valence-electron chi connectivity index (χ2n) is 4.67. The maximum Gasteiger partial charge on any atom is 0.191 e. The summed E-state index contributed by atoms with van der Waals surface area (Å²) in [6.07, 6.45) is 6.69. The number of aliphatic imine (C=N–C) groups is 1. The molecule has 0 spiro atoms. The van der Waals surface area contributed by atoms with Crippen LogP contribution >= 0.6 is 47.5 Å². The summed E-state index contributed by atoms with van der Waals surface area (Å²) in [7, 11) is 0. The van der Waals surface area contributed by atoms with Gasteiger partial charge in [0.15, 0.2) is 5.96 Å². The van der Waals surface area contributed by atoms with Gasteiger partial charge in [-0.15, -0.1) is 35.7 Å². The van der Waals surface area contributed by atoms with Crippen molar-refractivity contribution in [2.45, 2.75) is 31.2 Å². The van der Waals surface area contributed by atoms with Crippen molar-refractivity contribution in [1.82, 2.24) is 10.6 Å². The van der Waals surface area contributed by atoms with E-state index in [0.29, 0.717) is 0 Å². The first kappa shape index (κ1) is 21.9. The molecule has 0 heterocycles. The molecule has 0 unspecified atom stereocenters. The van der Waals surface area contributed by atoms with Crippen molar-refractivity contribution in [3.8, 4) is 0 Å². The molecule has 1 rings (SSSR count). The number of nitrogens with zero attached hydrogens (tertiary/aromatic N) is 1. The summed E-state index contributed by atoms with van der Waals surface area (Å²) in [6.45, 7) is 4.69. The molecule has 0 bridgehead atoms. The van der Waals surface area contributed by atoms with E-state index in [9.17, 15) is 0 Å². The summed E-state index contributed by atoms with van der Waals surface area (Å²) in [6, 6.07) is 8.60. The highest BCUT2D eigenvalue weighted by Crippen LogP contribution is 2.15. The predicted octanol–water partition coefficient (Wildman–Crippen LogP) is 4.22. The molecule has 3 nitrogen and oxygen atoms in total. The summed E-state index contributed by atoms with van der Waals surface area (Å²) >= 11 is 3.67. The molecule has 0 aliphatic heterocycles. The van der Waals surface area contributed by atoms with Gasteiger partial charge in [-0.2, -0.15) is 11.8 Å². The van der Waals surface area contributed by atoms with Gasteiger partial charge in [-0.1, -0.05) is 12.1 Å². The Morgan fingerprint density at radius 1 is 1.09 bits per heavy atom. The fourth-order valence-electron chi connectivity index (χ4n) is 1.82. The number of benzene rings is 1. The van der Waals surface area contributed by atoms with Crippen molar-refractivity contribution >= 4 is 53.5 Å². The molecule has 22 heavy (non-hydrogen) atoms. The number of halogens is 1. The van der Waals surface area contributed by atoms with Crippen molar-refractivity contribution in [3.63, 3.8) is 0 Å². The zero-order chi connectivity index (χ0) is 15.3. The molecular weight excluding hydrogens is 425 g/mol. The number of guanidine groups is 1. The van der Waals surface area contributed by atoms with E-state index in [0.717, 1.165) is 25.6 Å². The zero-order valence-corrected chi connectivity index (χ0v) is 17.7. The van der Waals surface area contributed by atoms with Crippen LogP contribution in [0.3, 0.4) is 0 Å². The van der Waals surface area contributed by atoms with Gasteiger partial charge in [0.05, 0.1) is 6.54 Å². The lowest BCUT2D eigenvalue weighted by Crippen LogP contribution is -2.37. The minimum Gasteiger partial charge on any atom is -0.357 e. The van der Waals surface area contributed by atoms with Crippen molar-refractivity contribution in [3.05, 3.63) is 29.8 Å². The Kier molecular flexibility index (Phi) is 14.5. The van der Waals surface area contributed by atoms with Gasteiger partial charge in [-0.25, -0.2) is 4.99 Å². The lowest BCUT2D eigenvalue weighted by molar-refractivity contribution is 0.734. The molecule has 0 fully saturated rings. The molecule has 6 heteroatoms. The van der Waals surface area contributed by atoms with Gasteiger partial charge in [-0.05, 0) is 55.7 Å². The van der Waals surface area contributed by atoms with Crippen LogP contribution in [0.4, 0.5) is 0 Å². The highest BCUT2D eigenvalue weighted by atomic mass is 127. The summed E-state index contributed by atoms with van der Waals surface area (Å²) in [5, 5.41) is 6.69. The molecule has 0 saturated carbocycles. The Morgan fingerprint density at radius 3 is 2.41 bits per heavy atom.